The van der Waals surface area contributed by atoms with Gasteiger partial charge in [-0.2, -0.15) is 5.26 Å². The minimum absolute atomic E-state index is 0.000284. The third-order valence-electron chi connectivity index (χ3n) is 2.66. The Labute approximate surface area is 92.0 Å². The van der Waals surface area contributed by atoms with Gasteiger partial charge in [-0.25, -0.2) is 0 Å². The number of carbonyl (C=O) groups excluding carboxylic acids is 1. The van der Waals surface area contributed by atoms with Crippen LogP contribution in [0, 0.1) is 17.2 Å². The third kappa shape index (κ3) is 4.80. The van der Waals surface area contributed by atoms with Crippen LogP contribution in [0.4, 0.5) is 0 Å². The molecule has 0 heterocycles. The first-order chi connectivity index (χ1) is 7.04. The van der Waals surface area contributed by atoms with E-state index in [-0.39, 0.29) is 17.9 Å². The van der Waals surface area contributed by atoms with Crippen molar-refractivity contribution in [2.75, 3.05) is 13.6 Å². The molecule has 0 aromatic rings. The maximum atomic E-state index is 11.8. The van der Waals surface area contributed by atoms with E-state index in [0.29, 0.717) is 13.0 Å². The van der Waals surface area contributed by atoms with Crippen LogP contribution in [0.25, 0.3) is 0 Å². The highest BCUT2D eigenvalue weighted by atomic mass is 16.2. The molecule has 0 aliphatic carbocycles. The van der Waals surface area contributed by atoms with E-state index in [9.17, 15) is 4.79 Å². The molecule has 0 saturated heterocycles. The Morgan fingerprint density at radius 1 is 1.53 bits per heavy atom. The van der Waals surface area contributed by atoms with Gasteiger partial charge in [0.2, 0.25) is 5.91 Å². The lowest BCUT2D eigenvalue weighted by molar-refractivity contribution is -0.135. The summed E-state index contributed by atoms with van der Waals surface area (Å²) in [6.45, 7) is 4.42. The van der Waals surface area contributed by atoms with Crippen molar-refractivity contribution in [3.8, 4) is 6.07 Å². The fraction of sp³-hybridized carbons (Fsp3) is 0.818. The second-order valence-corrected chi connectivity index (χ2v) is 3.99. The maximum Gasteiger partial charge on any atom is 0.225 e. The van der Waals surface area contributed by atoms with E-state index in [4.69, 9.17) is 11.0 Å². The average Bonchev–Trinajstić information content (AvgIpc) is 2.24. The summed E-state index contributed by atoms with van der Waals surface area (Å²) >= 11 is 0. The van der Waals surface area contributed by atoms with Crippen LogP contribution in [0.5, 0.6) is 0 Å². The van der Waals surface area contributed by atoms with E-state index in [1.165, 1.54) is 0 Å². The van der Waals surface area contributed by atoms with Crippen molar-refractivity contribution in [1.82, 2.24) is 4.90 Å². The predicted molar refractivity (Wildman–Crippen MR) is 59.9 cm³/mol. The molecule has 15 heavy (non-hydrogen) atoms. The fourth-order valence-corrected chi connectivity index (χ4v) is 1.38. The molecule has 0 aromatic carbocycles. The number of carbonyl (C=O) groups is 1. The Morgan fingerprint density at radius 2 is 2.13 bits per heavy atom. The highest BCUT2D eigenvalue weighted by Crippen LogP contribution is 2.11. The molecule has 0 aliphatic heterocycles. The van der Waals surface area contributed by atoms with E-state index in [0.717, 1.165) is 12.8 Å². The summed E-state index contributed by atoms with van der Waals surface area (Å²) in [4.78, 5) is 13.5. The van der Waals surface area contributed by atoms with Crippen molar-refractivity contribution in [2.24, 2.45) is 11.7 Å². The van der Waals surface area contributed by atoms with Gasteiger partial charge in [0.1, 0.15) is 0 Å². The van der Waals surface area contributed by atoms with Crippen LogP contribution in [0.15, 0.2) is 0 Å². The van der Waals surface area contributed by atoms with Crippen molar-refractivity contribution in [3.63, 3.8) is 0 Å². The zero-order valence-electron chi connectivity index (χ0n) is 9.86. The molecule has 2 N–H and O–H groups in total. The molecule has 0 spiro atoms. The SMILES string of the molecule is CC(CCCN)C(=O)N(C)C(C)CC#N. The first-order valence-corrected chi connectivity index (χ1v) is 5.38. The number of nitrogens with two attached hydrogens (primary N) is 1. The second kappa shape index (κ2) is 7.24. The molecule has 1 amide bonds. The number of nitriles is 1. The van der Waals surface area contributed by atoms with Crippen LogP contribution in [0.1, 0.15) is 33.1 Å². The molecular formula is C11H21N3O. The molecule has 0 radical (unpaired) electrons. The zero-order valence-corrected chi connectivity index (χ0v) is 9.86. The maximum absolute atomic E-state index is 11.8. The largest absolute Gasteiger partial charge is 0.342 e. The zero-order chi connectivity index (χ0) is 11.8. The number of nitrogens with zero attached hydrogens (tertiary/aromatic N) is 2. The molecule has 2 atom stereocenters. The lowest BCUT2D eigenvalue weighted by Gasteiger charge is -2.26. The molecule has 86 valence electrons. The average molecular weight is 211 g/mol. The lowest BCUT2D eigenvalue weighted by atomic mass is 10.0. The van der Waals surface area contributed by atoms with Gasteiger partial charge in [-0.3, -0.25) is 4.79 Å². The molecule has 0 saturated carbocycles. The van der Waals surface area contributed by atoms with Gasteiger partial charge in [0.25, 0.3) is 0 Å². The summed E-state index contributed by atoms with van der Waals surface area (Å²) in [5.74, 6) is 0.103. The van der Waals surface area contributed by atoms with E-state index >= 15 is 0 Å². The molecule has 0 rings (SSSR count). The van der Waals surface area contributed by atoms with Gasteiger partial charge in [-0.1, -0.05) is 6.92 Å². The van der Waals surface area contributed by atoms with Gasteiger partial charge < -0.3 is 10.6 Å². The number of hydrogen-bond donors (Lipinski definition) is 1. The lowest BCUT2D eigenvalue weighted by Crippen LogP contribution is -2.38. The normalized spacial score (nSPS) is 14.1. The summed E-state index contributed by atoms with van der Waals surface area (Å²) < 4.78 is 0. The topological polar surface area (TPSA) is 70.1 Å². The van der Waals surface area contributed by atoms with E-state index in [1.54, 1.807) is 11.9 Å². The van der Waals surface area contributed by atoms with Gasteiger partial charge in [0, 0.05) is 19.0 Å². The van der Waals surface area contributed by atoms with Gasteiger partial charge in [0.15, 0.2) is 0 Å². The highest BCUT2D eigenvalue weighted by molar-refractivity contribution is 5.78. The van der Waals surface area contributed by atoms with Crippen LogP contribution in [0.3, 0.4) is 0 Å². The first kappa shape index (κ1) is 13.9. The van der Waals surface area contributed by atoms with E-state index in [2.05, 4.69) is 6.07 Å². The Kier molecular flexibility index (Phi) is 6.72. The molecule has 2 unspecified atom stereocenters. The van der Waals surface area contributed by atoms with Gasteiger partial charge in [0.05, 0.1) is 12.5 Å². The van der Waals surface area contributed by atoms with Crippen molar-refractivity contribution in [1.29, 1.82) is 5.26 Å². The van der Waals surface area contributed by atoms with Crippen molar-refractivity contribution in [2.45, 2.75) is 39.2 Å². The monoisotopic (exact) mass is 211 g/mol. The molecule has 0 aliphatic rings. The van der Waals surface area contributed by atoms with Crippen LogP contribution in [-0.4, -0.2) is 30.4 Å². The Balaban J connectivity index is 4.13. The molecule has 0 aromatic heterocycles. The Bertz CT molecular complexity index is 234. The van der Waals surface area contributed by atoms with Crippen molar-refractivity contribution < 1.29 is 4.79 Å². The molecule has 0 bridgehead atoms. The van der Waals surface area contributed by atoms with Crippen molar-refractivity contribution in [3.05, 3.63) is 0 Å². The third-order valence-corrected chi connectivity index (χ3v) is 2.66. The highest BCUT2D eigenvalue weighted by Gasteiger charge is 2.20. The van der Waals surface area contributed by atoms with Gasteiger partial charge in [-0.05, 0) is 26.3 Å². The Hall–Kier alpha value is -1.08. The van der Waals surface area contributed by atoms with Crippen molar-refractivity contribution >= 4 is 5.91 Å². The summed E-state index contributed by atoms with van der Waals surface area (Å²) in [5.41, 5.74) is 5.39. The first-order valence-electron chi connectivity index (χ1n) is 5.38. The standard InChI is InChI=1S/C11H21N3O/c1-9(5-4-7-12)11(15)14(3)10(2)6-8-13/h9-10H,4-7,12H2,1-3H3. The molecule has 4 heteroatoms. The molecule has 0 fully saturated rings. The summed E-state index contributed by atoms with van der Waals surface area (Å²) in [5, 5.41) is 8.54. The van der Waals surface area contributed by atoms with Crippen LogP contribution >= 0.6 is 0 Å². The van der Waals surface area contributed by atoms with Gasteiger partial charge >= 0.3 is 0 Å². The predicted octanol–water partition coefficient (Wildman–Crippen LogP) is 1.12. The number of rotatable bonds is 6. The van der Waals surface area contributed by atoms with Crippen LogP contribution < -0.4 is 5.73 Å². The number of amides is 1. The summed E-state index contributed by atoms with van der Waals surface area (Å²) in [6.07, 6.45) is 2.07. The quantitative estimate of drug-likeness (QED) is 0.715. The molecular weight excluding hydrogens is 190 g/mol. The van der Waals surface area contributed by atoms with Crippen LogP contribution in [-0.2, 0) is 4.79 Å². The minimum atomic E-state index is -0.0113. The number of hydrogen-bond acceptors (Lipinski definition) is 3. The van der Waals surface area contributed by atoms with E-state index < -0.39 is 0 Å². The smallest absolute Gasteiger partial charge is 0.225 e. The Morgan fingerprint density at radius 3 is 2.60 bits per heavy atom. The second-order valence-electron chi connectivity index (χ2n) is 3.99. The molecule has 4 nitrogen and oxygen atoms in total. The van der Waals surface area contributed by atoms with Gasteiger partial charge in [-0.15, -0.1) is 0 Å². The fourth-order valence-electron chi connectivity index (χ4n) is 1.38. The minimum Gasteiger partial charge on any atom is -0.342 e. The van der Waals surface area contributed by atoms with Crippen LogP contribution in [0.2, 0.25) is 0 Å². The summed E-state index contributed by atoms with van der Waals surface area (Å²) in [7, 11) is 1.75. The van der Waals surface area contributed by atoms with E-state index in [1.807, 2.05) is 13.8 Å². The summed E-state index contributed by atoms with van der Waals surface area (Å²) in [6, 6.07) is 2.06.